The molecule has 130 valence electrons. The summed E-state index contributed by atoms with van der Waals surface area (Å²) in [6, 6.07) is 8.07. The number of rotatable bonds is 5. The van der Waals surface area contributed by atoms with Gasteiger partial charge in [0, 0.05) is 12.5 Å². The van der Waals surface area contributed by atoms with Crippen LogP contribution in [0.5, 0.6) is 5.75 Å². The van der Waals surface area contributed by atoms with Crippen molar-refractivity contribution >= 4 is 11.8 Å². The van der Waals surface area contributed by atoms with Crippen LogP contribution in [0.1, 0.15) is 30.9 Å². The van der Waals surface area contributed by atoms with Crippen molar-refractivity contribution in [1.29, 1.82) is 0 Å². The van der Waals surface area contributed by atoms with Gasteiger partial charge >= 0.3 is 0 Å². The molecular weight excluding hydrogens is 306 g/mol. The zero-order chi connectivity index (χ0) is 17.1. The zero-order valence-corrected chi connectivity index (χ0v) is 14.1. The molecule has 1 aromatic rings. The lowest BCUT2D eigenvalue weighted by atomic mass is 9.94. The molecule has 2 fully saturated rings. The van der Waals surface area contributed by atoms with Crippen molar-refractivity contribution in [2.24, 2.45) is 11.7 Å². The monoisotopic (exact) mass is 331 g/mol. The van der Waals surface area contributed by atoms with Gasteiger partial charge in [-0.3, -0.25) is 14.5 Å². The maximum atomic E-state index is 12.6. The highest BCUT2D eigenvalue weighted by molar-refractivity contribution is 5.80. The summed E-state index contributed by atoms with van der Waals surface area (Å²) in [5, 5.41) is 0. The molecule has 0 saturated carbocycles. The molecule has 1 atom stereocenters. The highest BCUT2D eigenvalue weighted by Gasteiger charge is 2.34. The molecule has 0 aliphatic carbocycles. The van der Waals surface area contributed by atoms with Crippen molar-refractivity contribution in [2.45, 2.75) is 25.3 Å². The van der Waals surface area contributed by atoms with E-state index in [9.17, 15) is 9.59 Å². The largest absolute Gasteiger partial charge is 0.497 e. The van der Waals surface area contributed by atoms with Gasteiger partial charge in [-0.2, -0.15) is 0 Å². The van der Waals surface area contributed by atoms with Crippen molar-refractivity contribution in [3.8, 4) is 5.75 Å². The van der Waals surface area contributed by atoms with Crippen LogP contribution in [0, 0.1) is 5.92 Å². The third kappa shape index (κ3) is 3.53. The van der Waals surface area contributed by atoms with Gasteiger partial charge in [0.1, 0.15) is 5.75 Å². The van der Waals surface area contributed by atoms with Crippen LogP contribution < -0.4 is 10.5 Å². The smallest absolute Gasteiger partial charge is 0.237 e. The first-order valence-corrected chi connectivity index (χ1v) is 8.53. The fourth-order valence-corrected chi connectivity index (χ4v) is 3.54. The van der Waals surface area contributed by atoms with Crippen LogP contribution in [-0.4, -0.2) is 54.9 Å². The second-order valence-electron chi connectivity index (χ2n) is 6.62. The average molecular weight is 331 g/mol. The van der Waals surface area contributed by atoms with E-state index in [1.165, 1.54) is 0 Å². The molecule has 2 saturated heterocycles. The Bertz CT molecular complexity index is 611. The van der Waals surface area contributed by atoms with E-state index in [0.29, 0.717) is 6.54 Å². The van der Waals surface area contributed by atoms with Gasteiger partial charge in [0.05, 0.1) is 19.7 Å². The summed E-state index contributed by atoms with van der Waals surface area (Å²) in [6.45, 7) is 2.75. The lowest BCUT2D eigenvalue weighted by molar-refractivity contribution is -0.140. The summed E-state index contributed by atoms with van der Waals surface area (Å²) in [5.74, 6) is 0.721. The zero-order valence-electron chi connectivity index (χ0n) is 14.1. The number of hydrogen-bond acceptors (Lipinski definition) is 4. The number of carbonyl (C=O) groups is 2. The molecule has 6 heteroatoms. The molecule has 0 spiro atoms. The Morgan fingerprint density at radius 1 is 1.21 bits per heavy atom. The second kappa shape index (κ2) is 7.21. The van der Waals surface area contributed by atoms with Crippen LogP contribution in [0.3, 0.4) is 0 Å². The first-order chi connectivity index (χ1) is 11.6. The van der Waals surface area contributed by atoms with Crippen LogP contribution >= 0.6 is 0 Å². The summed E-state index contributed by atoms with van der Waals surface area (Å²) in [7, 11) is 1.65. The molecule has 2 aliphatic rings. The number of methoxy groups -OCH3 is 1. The standard InChI is InChI=1S/C18H25N3O3/c1-24-15-4-2-3-14(11-15)16-7-10-21(16)17(22)12-20-8-5-13(6-9-20)18(19)23/h2-4,11,13,16H,5-10,12H2,1H3,(H2,19,23)/t16-/m0/s1. The SMILES string of the molecule is COc1cccc([C@@H]2CCN2C(=O)CN2CCC(C(N)=O)CC2)c1. The van der Waals surface area contributed by atoms with Crippen LogP contribution in [0.15, 0.2) is 24.3 Å². The van der Waals surface area contributed by atoms with E-state index in [-0.39, 0.29) is 23.8 Å². The molecule has 0 radical (unpaired) electrons. The lowest BCUT2D eigenvalue weighted by Gasteiger charge is -2.43. The number of amides is 2. The summed E-state index contributed by atoms with van der Waals surface area (Å²) in [5.41, 5.74) is 6.48. The van der Waals surface area contributed by atoms with Crippen molar-refractivity contribution < 1.29 is 14.3 Å². The minimum absolute atomic E-state index is 0.0371. The fraction of sp³-hybridized carbons (Fsp3) is 0.556. The van der Waals surface area contributed by atoms with Gasteiger partial charge in [0.25, 0.3) is 0 Å². The van der Waals surface area contributed by atoms with Crippen molar-refractivity contribution in [3.63, 3.8) is 0 Å². The van der Waals surface area contributed by atoms with Gasteiger partial charge in [-0.15, -0.1) is 0 Å². The van der Waals surface area contributed by atoms with E-state index in [1.807, 2.05) is 29.2 Å². The molecule has 0 aromatic heterocycles. The molecule has 24 heavy (non-hydrogen) atoms. The number of ether oxygens (including phenoxy) is 1. The number of benzene rings is 1. The number of piperidine rings is 1. The number of hydrogen-bond donors (Lipinski definition) is 1. The minimum Gasteiger partial charge on any atom is -0.497 e. The number of likely N-dealkylation sites (tertiary alicyclic amines) is 2. The lowest BCUT2D eigenvalue weighted by Crippen LogP contribution is -2.50. The topological polar surface area (TPSA) is 75.9 Å². The molecule has 3 rings (SSSR count). The molecule has 1 aromatic carbocycles. The van der Waals surface area contributed by atoms with Crippen LogP contribution in [0.2, 0.25) is 0 Å². The van der Waals surface area contributed by atoms with E-state index < -0.39 is 0 Å². The summed E-state index contributed by atoms with van der Waals surface area (Å²) < 4.78 is 5.27. The quantitative estimate of drug-likeness (QED) is 0.879. The predicted molar refractivity (Wildman–Crippen MR) is 90.4 cm³/mol. The summed E-state index contributed by atoms with van der Waals surface area (Å²) in [4.78, 5) is 27.9. The van der Waals surface area contributed by atoms with Crippen molar-refractivity contribution in [3.05, 3.63) is 29.8 Å². The molecule has 0 bridgehead atoms. The molecule has 2 aliphatic heterocycles. The van der Waals surface area contributed by atoms with Gasteiger partial charge in [0.2, 0.25) is 11.8 Å². The van der Waals surface area contributed by atoms with Gasteiger partial charge < -0.3 is 15.4 Å². The summed E-state index contributed by atoms with van der Waals surface area (Å²) >= 11 is 0. The Labute approximate surface area is 142 Å². The van der Waals surface area contributed by atoms with Crippen LogP contribution in [0.25, 0.3) is 0 Å². The van der Waals surface area contributed by atoms with E-state index in [0.717, 1.165) is 50.2 Å². The van der Waals surface area contributed by atoms with Gasteiger partial charge in [-0.05, 0) is 50.0 Å². The molecule has 2 N–H and O–H groups in total. The Kier molecular flexibility index (Phi) is 5.04. The normalized spacial score (nSPS) is 22.0. The third-order valence-electron chi connectivity index (χ3n) is 5.17. The first kappa shape index (κ1) is 16.8. The number of primary amides is 1. The van der Waals surface area contributed by atoms with Crippen LogP contribution in [-0.2, 0) is 9.59 Å². The molecule has 2 heterocycles. The Morgan fingerprint density at radius 2 is 1.96 bits per heavy atom. The Hall–Kier alpha value is -2.08. The Balaban J connectivity index is 1.55. The van der Waals surface area contributed by atoms with E-state index >= 15 is 0 Å². The van der Waals surface area contributed by atoms with Gasteiger partial charge in [-0.25, -0.2) is 0 Å². The van der Waals surface area contributed by atoms with Crippen LogP contribution in [0.4, 0.5) is 0 Å². The third-order valence-corrected chi connectivity index (χ3v) is 5.17. The van der Waals surface area contributed by atoms with Crippen molar-refractivity contribution in [1.82, 2.24) is 9.80 Å². The second-order valence-corrected chi connectivity index (χ2v) is 6.62. The van der Waals surface area contributed by atoms with Gasteiger partial charge in [0.15, 0.2) is 0 Å². The average Bonchev–Trinajstić information content (AvgIpc) is 2.54. The predicted octanol–water partition coefficient (Wildman–Crippen LogP) is 1.17. The summed E-state index contributed by atoms with van der Waals surface area (Å²) in [6.07, 6.45) is 2.49. The molecular formula is C18H25N3O3. The minimum atomic E-state index is -0.221. The van der Waals surface area contributed by atoms with Crippen molar-refractivity contribution in [2.75, 3.05) is 33.3 Å². The number of nitrogens with zero attached hydrogens (tertiary/aromatic N) is 2. The Morgan fingerprint density at radius 3 is 2.54 bits per heavy atom. The first-order valence-electron chi connectivity index (χ1n) is 8.53. The highest BCUT2D eigenvalue weighted by Crippen LogP contribution is 2.34. The van der Waals surface area contributed by atoms with E-state index in [1.54, 1.807) is 7.11 Å². The maximum absolute atomic E-state index is 12.6. The molecule has 6 nitrogen and oxygen atoms in total. The molecule has 2 amide bonds. The maximum Gasteiger partial charge on any atom is 0.237 e. The fourth-order valence-electron chi connectivity index (χ4n) is 3.54. The number of carbonyl (C=O) groups excluding carboxylic acids is 2. The number of nitrogens with two attached hydrogens (primary N) is 1. The highest BCUT2D eigenvalue weighted by atomic mass is 16.5. The van der Waals surface area contributed by atoms with E-state index in [2.05, 4.69) is 4.90 Å². The molecule has 0 unspecified atom stereocenters. The van der Waals surface area contributed by atoms with Gasteiger partial charge in [-0.1, -0.05) is 12.1 Å². The van der Waals surface area contributed by atoms with E-state index in [4.69, 9.17) is 10.5 Å².